The zero-order valence-corrected chi connectivity index (χ0v) is 22.5. The first-order chi connectivity index (χ1) is 18.0. The van der Waals surface area contributed by atoms with E-state index in [9.17, 15) is 5.11 Å². The van der Waals surface area contributed by atoms with Gasteiger partial charge in [-0.3, -0.25) is 0 Å². The van der Waals surface area contributed by atoms with Crippen molar-refractivity contribution in [1.82, 2.24) is 20.6 Å². The van der Waals surface area contributed by atoms with Crippen LogP contribution in [0.3, 0.4) is 0 Å². The van der Waals surface area contributed by atoms with E-state index in [0.717, 1.165) is 56.3 Å². The molecule has 0 bridgehead atoms. The van der Waals surface area contributed by atoms with Gasteiger partial charge in [-0.15, -0.1) is 0 Å². The number of benzene rings is 1. The topological polar surface area (TPSA) is 118 Å². The maximum absolute atomic E-state index is 9.90. The summed E-state index contributed by atoms with van der Waals surface area (Å²) < 4.78 is 10.7. The fourth-order valence-electron chi connectivity index (χ4n) is 5.33. The van der Waals surface area contributed by atoms with Gasteiger partial charge >= 0.3 is 0 Å². The predicted molar refractivity (Wildman–Crippen MR) is 148 cm³/mol. The molecule has 5 N–H and O–H groups in total. The molecule has 1 spiro atoms. The van der Waals surface area contributed by atoms with Gasteiger partial charge in [0.25, 0.3) is 0 Å². The second-order valence-electron chi connectivity index (χ2n) is 10.5. The minimum absolute atomic E-state index is 0.220. The van der Waals surface area contributed by atoms with E-state index in [4.69, 9.17) is 20.2 Å². The SMILES string of the molecule is C1CCOC1.CNCC(O)COc1cccc(-c2nc(N)c(C)c(N3CCC4(CCNCC4)CC3)n2)c1. The highest BCUT2D eigenvalue weighted by atomic mass is 16.5. The van der Waals surface area contributed by atoms with E-state index >= 15 is 0 Å². The van der Waals surface area contributed by atoms with Gasteiger partial charge in [0.15, 0.2) is 5.82 Å². The number of nitrogen functional groups attached to an aromatic ring is 1. The van der Waals surface area contributed by atoms with E-state index in [1.54, 1.807) is 7.05 Å². The van der Waals surface area contributed by atoms with E-state index in [0.29, 0.717) is 29.4 Å². The number of hydrogen-bond acceptors (Lipinski definition) is 9. The summed E-state index contributed by atoms with van der Waals surface area (Å²) in [5.41, 5.74) is 8.60. The zero-order chi connectivity index (χ0) is 26.1. The van der Waals surface area contributed by atoms with Crippen LogP contribution in [0, 0.1) is 12.3 Å². The van der Waals surface area contributed by atoms with Crippen LogP contribution >= 0.6 is 0 Å². The number of piperidine rings is 2. The smallest absolute Gasteiger partial charge is 0.164 e. The highest BCUT2D eigenvalue weighted by molar-refractivity contribution is 5.66. The molecular formula is C28H44N6O3. The lowest BCUT2D eigenvalue weighted by Crippen LogP contribution is -2.46. The largest absolute Gasteiger partial charge is 0.491 e. The number of aliphatic hydroxyl groups is 1. The van der Waals surface area contributed by atoms with E-state index < -0.39 is 6.10 Å². The van der Waals surface area contributed by atoms with Gasteiger partial charge in [-0.1, -0.05) is 12.1 Å². The maximum atomic E-state index is 9.90. The second-order valence-corrected chi connectivity index (χ2v) is 10.5. The number of ether oxygens (including phenoxy) is 2. The van der Waals surface area contributed by atoms with Gasteiger partial charge in [0.05, 0.1) is 0 Å². The lowest BCUT2D eigenvalue weighted by Gasteiger charge is -2.45. The van der Waals surface area contributed by atoms with Crippen LogP contribution in [0.5, 0.6) is 5.75 Å². The van der Waals surface area contributed by atoms with Gasteiger partial charge < -0.3 is 35.8 Å². The van der Waals surface area contributed by atoms with Crippen molar-refractivity contribution in [2.45, 2.75) is 51.6 Å². The summed E-state index contributed by atoms with van der Waals surface area (Å²) in [5.74, 6) is 2.73. The lowest BCUT2D eigenvalue weighted by molar-refractivity contribution is 0.108. The Morgan fingerprint density at radius 3 is 2.54 bits per heavy atom. The molecule has 4 heterocycles. The van der Waals surface area contributed by atoms with Crippen LogP contribution in [0.15, 0.2) is 24.3 Å². The molecule has 1 aromatic carbocycles. The summed E-state index contributed by atoms with van der Waals surface area (Å²) >= 11 is 0. The number of aliphatic hydroxyl groups excluding tert-OH is 1. The average Bonchev–Trinajstić information content (AvgIpc) is 3.51. The number of nitrogens with zero attached hydrogens (tertiary/aromatic N) is 3. The van der Waals surface area contributed by atoms with Crippen LogP contribution in [-0.2, 0) is 4.74 Å². The van der Waals surface area contributed by atoms with Crippen molar-refractivity contribution in [2.24, 2.45) is 5.41 Å². The molecular weight excluding hydrogens is 468 g/mol. The van der Waals surface area contributed by atoms with Crippen LogP contribution < -0.4 is 26.0 Å². The summed E-state index contributed by atoms with van der Waals surface area (Å²) in [5, 5.41) is 16.3. The van der Waals surface area contributed by atoms with Crippen LogP contribution in [0.25, 0.3) is 11.4 Å². The third kappa shape index (κ3) is 7.54. The molecule has 1 atom stereocenters. The Bertz CT molecular complexity index is 976. The van der Waals surface area contributed by atoms with E-state index in [2.05, 4.69) is 20.5 Å². The quantitative estimate of drug-likeness (QED) is 0.444. The summed E-state index contributed by atoms with van der Waals surface area (Å²) in [4.78, 5) is 11.9. The Morgan fingerprint density at radius 1 is 1.16 bits per heavy atom. The van der Waals surface area contributed by atoms with Crippen LogP contribution in [0.4, 0.5) is 11.6 Å². The molecule has 1 aromatic heterocycles. The van der Waals surface area contributed by atoms with Crippen molar-refractivity contribution >= 4 is 11.6 Å². The number of nitrogens with two attached hydrogens (primary N) is 1. The van der Waals surface area contributed by atoms with E-state index in [-0.39, 0.29) is 6.61 Å². The summed E-state index contributed by atoms with van der Waals surface area (Å²) in [6.45, 7) is 8.98. The van der Waals surface area contributed by atoms with Crippen LogP contribution in [0.2, 0.25) is 0 Å². The molecule has 2 aromatic rings. The predicted octanol–water partition coefficient (Wildman–Crippen LogP) is 2.76. The Morgan fingerprint density at radius 2 is 1.89 bits per heavy atom. The Labute approximate surface area is 221 Å². The van der Waals surface area contributed by atoms with Crippen molar-refractivity contribution < 1.29 is 14.6 Å². The summed E-state index contributed by atoms with van der Waals surface area (Å²) in [6, 6.07) is 7.65. The highest BCUT2D eigenvalue weighted by Gasteiger charge is 2.36. The number of anilines is 2. The molecule has 3 saturated heterocycles. The van der Waals surface area contributed by atoms with Gasteiger partial charge in [-0.2, -0.15) is 0 Å². The third-order valence-corrected chi connectivity index (χ3v) is 7.75. The minimum Gasteiger partial charge on any atom is -0.491 e. The second kappa shape index (κ2) is 13.4. The molecule has 0 amide bonds. The monoisotopic (exact) mass is 512 g/mol. The summed E-state index contributed by atoms with van der Waals surface area (Å²) in [7, 11) is 1.80. The molecule has 37 heavy (non-hydrogen) atoms. The number of hydrogen-bond donors (Lipinski definition) is 4. The standard InChI is InChI=1S/C24H36N6O2.C4H8O/c1-17-21(25)28-22(18-4-3-5-20(14-18)32-16-19(31)15-26-2)29-23(17)30-12-8-24(9-13-30)6-10-27-11-7-24;1-2-4-5-3-1/h3-5,14,19,26-27,31H,6-13,15-16H2,1-2H3,(H2,25,28,29);1-4H2. The highest BCUT2D eigenvalue weighted by Crippen LogP contribution is 2.41. The van der Waals surface area contributed by atoms with Crippen molar-refractivity contribution in [1.29, 1.82) is 0 Å². The average molecular weight is 513 g/mol. The third-order valence-electron chi connectivity index (χ3n) is 7.75. The number of rotatable bonds is 7. The number of aromatic nitrogens is 2. The van der Waals surface area contributed by atoms with Crippen molar-refractivity contribution in [3.63, 3.8) is 0 Å². The number of nitrogens with one attached hydrogen (secondary N) is 2. The fourth-order valence-corrected chi connectivity index (χ4v) is 5.33. The molecule has 1 unspecified atom stereocenters. The van der Waals surface area contributed by atoms with Crippen molar-refractivity contribution in [3.05, 3.63) is 29.8 Å². The first kappa shape index (κ1) is 27.6. The Hall–Kier alpha value is -2.46. The normalized spacial score (nSPS) is 19.8. The Balaban J connectivity index is 0.000000572. The number of likely N-dealkylation sites (N-methyl/N-ethyl adjacent to an activating group) is 1. The molecule has 3 aliphatic rings. The first-order valence-electron chi connectivity index (χ1n) is 13.7. The minimum atomic E-state index is -0.566. The van der Waals surface area contributed by atoms with Crippen molar-refractivity contribution in [2.75, 3.05) is 70.2 Å². The lowest BCUT2D eigenvalue weighted by atomic mass is 9.71. The van der Waals surface area contributed by atoms with E-state index in [1.807, 2.05) is 31.2 Å². The fraction of sp³-hybridized carbons (Fsp3) is 0.643. The van der Waals surface area contributed by atoms with Gasteiger partial charge in [0.1, 0.15) is 30.1 Å². The van der Waals surface area contributed by atoms with E-state index in [1.165, 1.54) is 38.5 Å². The maximum Gasteiger partial charge on any atom is 0.164 e. The van der Waals surface area contributed by atoms with Crippen LogP contribution in [-0.4, -0.2) is 80.8 Å². The van der Waals surface area contributed by atoms with Crippen LogP contribution in [0.1, 0.15) is 44.1 Å². The van der Waals surface area contributed by atoms with Crippen molar-refractivity contribution in [3.8, 4) is 17.1 Å². The molecule has 0 aliphatic carbocycles. The van der Waals surface area contributed by atoms with Gasteiger partial charge in [-0.05, 0) is 83.1 Å². The molecule has 0 radical (unpaired) electrons. The zero-order valence-electron chi connectivity index (χ0n) is 22.5. The summed E-state index contributed by atoms with van der Waals surface area (Å²) in [6.07, 6.45) is 6.93. The molecule has 9 heteroatoms. The molecule has 0 saturated carbocycles. The molecule has 5 rings (SSSR count). The Kier molecular flexibility index (Phi) is 9.96. The molecule has 3 fully saturated rings. The van der Waals surface area contributed by atoms with Gasteiger partial charge in [0.2, 0.25) is 0 Å². The molecule has 204 valence electrons. The van der Waals surface area contributed by atoms with Gasteiger partial charge in [0, 0.05) is 44.0 Å². The first-order valence-corrected chi connectivity index (χ1v) is 13.7. The molecule has 3 aliphatic heterocycles. The van der Waals surface area contributed by atoms with Gasteiger partial charge in [-0.25, -0.2) is 9.97 Å². The molecule has 9 nitrogen and oxygen atoms in total.